The Morgan fingerprint density at radius 3 is 2.67 bits per heavy atom. The molecule has 2 rings (SSSR count). The largest absolute Gasteiger partial charge is 0.381 e. The third kappa shape index (κ3) is 3.79. The summed E-state index contributed by atoms with van der Waals surface area (Å²) >= 11 is 3.16. The van der Waals surface area contributed by atoms with Crippen molar-refractivity contribution in [2.75, 3.05) is 5.32 Å². The van der Waals surface area contributed by atoms with Crippen LogP contribution in [0.15, 0.2) is 46.9 Å². The molecule has 0 fully saturated rings. The Kier molecular flexibility index (Phi) is 4.54. The van der Waals surface area contributed by atoms with Crippen molar-refractivity contribution >= 4 is 33.2 Å². The normalized spacial score (nSPS) is 10.1. The molecule has 0 saturated heterocycles. The molecule has 0 unspecified atom stereocenters. The molecular formula is C14H12BrN3O3. The third-order valence-corrected chi connectivity index (χ3v) is 3.49. The van der Waals surface area contributed by atoms with E-state index < -0.39 is 10.8 Å². The Morgan fingerprint density at radius 1 is 1.29 bits per heavy atom. The van der Waals surface area contributed by atoms with Crippen LogP contribution in [0.2, 0.25) is 0 Å². The Morgan fingerprint density at radius 2 is 2.05 bits per heavy atom. The topological polar surface area (TPSA) is 98.3 Å². The standard InChI is InChI=1S/C14H12BrN3O3/c15-12-7-11(4-5-13(12)18(20)21)17-8-9-2-1-3-10(6-9)14(16)19/h1-7,17H,8H2,(H2,16,19). The number of halogens is 1. The highest BCUT2D eigenvalue weighted by Gasteiger charge is 2.11. The van der Waals surface area contributed by atoms with Gasteiger partial charge in [-0.05, 0) is 45.8 Å². The zero-order chi connectivity index (χ0) is 15.4. The smallest absolute Gasteiger partial charge is 0.283 e. The predicted octanol–water partition coefficient (Wildman–Crippen LogP) is 3.07. The van der Waals surface area contributed by atoms with E-state index in [0.29, 0.717) is 16.6 Å². The van der Waals surface area contributed by atoms with Crippen LogP contribution in [0.3, 0.4) is 0 Å². The Balaban J connectivity index is 2.10. The van der Waals surface area contributed by atoms with Crippen LogP contribution < -0.4 is 11.1 Å². The lowest BCUT2D eigenvalue weighted by molar-refractivity contribution is -0.385. The lowest BCUT2D eigenvalue weighted by atomic mass is 10.1. The van der Waals surface area contributed by atoms with E-state index >= 15 is 0 Å². The van der Waals surface area contributed by atoms with Gasteiger partial charge < -0.3 is 11.1 Å². The van der Waals surface area contributed by atoms with Crippen molar-refractivity contribution in [3.8, 4) is 0 Å². The van der Waals surface area contributed by atoms with Crippen LogP contribution in [-0.2, 0) is 6.54 Å². The van der Waals surface area contributed by atoms with Crippen LogP contribution in [0.1, 0.15) is 15.9 Å². The summed E-state index contributed by atoms with van der Waals surface area (Å²) in [7, 11) is 0. The van der Waals surface area contributed by atoms with Crippen LogP contribution in [-0.4, -0.2) is 10.8 Å². The number of hydrogen-bond donors (Lipinski definition) is 2. The van der Waals surface area contributed by atoms with Crippen molar-refractivity contribution < 1.29 is 9.72 Å². The van der Waals surface area contributed by atoms with Gasteiger partial charge in [-0.1, -0.05) is 12.1 Å². The zero-order valence-electron chi connectivity index (χ0n) is 10.9. The summed E-state index contributed by atoms with van der Waals surface area (Å²) in [5.41, 5.74) is 7.30. The molecule has 2 aromatic carbocycles. The first-order chi connectivity index (χ1) is 9.97. The summed E-state index contributed by atoms with van der Waals surface area (Å²) in [4.78, 5) is 21.4. The molecule has 0 saturated carbocycles. The number of carbonyl (C=O) groups excluding carboxylic acids is 1. The molecule has 0 radical (unpaired) electrons. The third-order valence-electron chi connectivity index (χ3n) is 2.85. The second-order valence-corrected chi connectivity index (χ2v) is 5.20. The second kappa shape index (κ2) is 6.36. The molecular weight excluding hydrogens is 338 g/mol. The van der Waals surface area contributed by atoms with E-state index in [1.54, 1.807) is 30.3 Å². The van der Waals surface area contributed by atoms with Crippen LogP contribution >= 0.6 is 15.9 Å². The first-order valence-electron chi connectivity index (χ1n) is 6.04. The van der Waals surface area contributed by atoms with Crippen LogP contribution in [0.4, 0.5) is 11.4 Å². The van der Waals surface area contributed by atoms with Gasteiger partial charge in [0.2, 0.25) is 5.91 Å². The highest BCUT2D eigenvalue weighted by Crippen LogP contribution is 2.27. The number of rotatable bonds is 5. The van der Waals surface area contributed by atoms with Gasteiger partial charge in [0.1, 0.15) is 0 Å². The highest BCUT2D eigenvalue weighted by atomic mass is 79.9. The van der Waals surface area contributed by atoms with Gasteiger partial charge in [0.25, 0.3) is 5.69 Å². The number of benzene rings is 2. The van der Waals surface area contributed by atoms with E-state index in [-0.39, 0.29) is 5.69 Å². The number of nitrogens with one attached hydrogen (secondary N) is 1. The van der Waals surface area contributed by atoms with Gasteiger partial charge in [-0.15, -0.1) is 0 Å². The number of primary amides is 1. The van der Waals surface area contributed by atoms with E-state index in [9.17, 15) is 14.9 Å². The first kappa shape index (κ1) is 15.0. The van der Waals surface area contributed by atoms with Crippen molar-refractivity contribution in [2.24, 2.45) is 5.73 Å². The maximum Gasteiger partial charge on any atom is 0.283 e. The average molecular weight is 350 g/mol. The second-order valence-electron chi connectivity index (χ2n) is 4.34. The van der Waals surface area contributed by atoms with Crippen molar-refractivity contribution in [3.05, 3.63) is 68.2 Å². The van der Waals surface area contributed by atoms with Gasteiger partial charge in [0.05, 0.1) is 9.40 Å². The van der Waals surface area contributed by atoms with Gasteiger partial charge in [-0.25, -0.2) is 0 Å². The molecule has 0 atom stereocenters. The van der Waals surface area contributed by atoms with Crippen molar-refractivity contribution in [1.82, 2.24) is 0 Å². The van der Waals surface area contributed by atoms with Gasteiger partial charge in [0.15, 0.2) is 0 Å². The number of anilines is 1. The molecule has 0 aliphatic carbocycles. The van der Waals surface area contributed by atoms with Crippen molar-refractivity contribution in [1.29, 1.82) is 0 Å². The quantitative estimate of drug-likeness (QED) is 0.640. The molecule has 0 bridgehead atoms. The number of nitro benzene ring substituents is 1. The molecule has 0 aliphatic rings. The number of amides is 1. The van der Waals surface area contributed by atoms with Gasteiger partial charge >= 0.3 is 0 Å². The molecule has 2 aromatic rings. The van der Waals surface area contributed by atoms with E-state index in [2.05, 4.69) is 21.2 Å². The number of nitrogens with zero attached hydrogens (tertiary/aromatic N) is 1. The zero-order valence-corrected chi connectivity index (χ0v) is 12.5. The van der Waals surface area contributed by atoms with Gasteiger partial charge in [-0.2, -0.15) is 0 Å². The van der Waals surface area contributed by atoms with E-state index in [1.165, 1.54) is 6.07 Å². The Hall–Kier alpha value is -2.41. The molecule has 0 aromatic heterocycles. The molecule has 3 N–H and O–H groups in total. The lowest BCUT2D eigenvalue weighted by Crippen LogP contribution is -2.11. The molecule has 0 heterocycles. The monoisotopic (exact) mass is 349 g/mol. The molecule has 108 valence electrons. The summed E-state index contributed by atoms with van der Waals surface area (Å²) in [5.74, 6) is -0.477. The van der Waals surface area contributed by atoms with Crippen LogP contribution in [0.5, 0.6) is 0 Å². The minimum absolute atomic E-state index is 0.0104. The summed E-state index contributed by atoms with van der Waals surface area (Å²) in [5, 5.41) is 13.9. The minimum Gasteiger partial charge on any atom is -0.381 e. The highest BCUT2D eigenvalue weighted by molar-refractivity contribution is 9.10. The summed E-state index contributed by atoms with van der Waals surface area (Å²) < 4.78 is 0.406. The Labute approximate surface area is 129 Å². The predicted molar refractivity (Wildman–Crippen MR) is 83.1 cm³/mol. The van der Waals surface area contributed by atoms with E-state index in [1.807, 2.05) is 6.07 Å². The number of nitro groups is 1. The first-order valence-corrected chi connectivity index (χ1v) is 6.83. The summed E-state index contributed by atoms with van der Waals surface area (Å²) in [6.07, 6.45) is 0. The van der Waals surface area contributed by atoms with Gasteiger partial charge in [-0.3, -0.25) is 14.9 Å². The van der Waals surface area contributed by atoms with Crippen LogP contribution in [0.25, 0.3) is 0 Å². The maximum absolute atomic E-state index is 11.1. The molecule has 7 heteroatoms. The molecule has 1 amide bonds. The number of nitrogens with two attached hydrogens (primary N) is 1. The fourth-order valence-corrected chi connectivity index (χ4v) is 2.33. The molecule has 0 spiro atoms. The fraction of sp³-hybridized carbons (Fsp3) is 0.0714. The molecule has 0 aliphatic heterocycles. The SMILES string of the molecule is NC(=O)c1cccc(CNc2ccc([N+](=O)[O-])c(Br)c2)c1. The number of carbonyl (C=O) groups is 1. The minimum atomic E-state index is -0.477. The summed E-state index contributed by atoms with van der Waals surface area (Å²) in [6, 6.07) is 11.6. The summed E-state index contributed by atoms with van der Waals surface area (Å²) in [6.45, 7) is 0.478. The molecule has 21 heavy (non-hydrogen) atoms. The number of hydrogen-bond acceptors (Lipinski definition) is 4. The van der Waals surface area contributed by atoms with Crippen LogP contribution in [0, 0.1) is 10.1 Å². The maximum atomic E-state index is 11.1. The van der Waals surface area contributed by atoms with E-state index in [0.717, 1.165) is 11.3 Å². The van der Waals surface area contributed by atoms with E-state index in [4.69, 9.17) is 5.73 Å². The Bertz CT molecular complexity index is 704. The lowest BCUT2D eigenvalue weighted by Gasteiger charge is -2.08. The average Bonchev–Trinajstić information content (AvgIpc) is 2.45. The van der Waals surface area contributed by atoms with Crippen molar-refractivity contribution in [2.45, 2.75) is 6.54 Å². The van der Waals surface area contributed by atoms with Gasteiger partial charge in [0, 0.05) is 23.9 Å². The van der Waals surface area contributed by atoms with Crippen molar-refractivity contribution in [3.63, 3.8) is 0 Å². The molecule has 6 nitrogen and oxygen atoms in total. The fourth-order valence-electron chi connectivity index (χ4n) is 1.80.